The summed E-state index contributed by atoms with van der Waals surface area (Å²) in [5.74, 6) is 0.0384. The first-order valence-electron chi connectivity index (χ1n) is 15.6. The lowest BCUT2D eigenvalue weighted by Gasteiger charge is -2.18. The molecular weight excluding hydrogens is 446 g/mol. The average molecular weight is 506 g/mol. The molecule has 0 aromatic carbocycles. The molecule has 5 nitrogen and oxygen atoms in total. The van der Waals surface area contributed by atoms with E-state index in [4.69, 9.17) is 4.74 Å². The van der Waals surface area contributed by atoms with Crippen molar-refractivity contribution in [3.8, 4) is 0 Å². The fourth-order valence-electron chi connectivity index (χ4n) is 4.79. The third-order valence-corrected chi connectivity index (χ3v) is 7.12. The largest absolute Gasteiger partial charge is 0.462 e. The van der Waals surface area contributed by atoms with E-state index in [9.17, 15) is 4.79 Å². The van der Waals surface area contributed by atoms with Gasteiger partial charge >= 0.3 is 5.97 Å². The van der Waals surface area contributed by atoms with Gasteiger partial charge in [-0.25, -0.2) is 4.98 Å². The molecule has 210 valence electrons. The van der Waals surface area contributed by atoms with Gasteiger partial charge in [-0.2, -0.15) is 0 Å². The van der Waals surface area contributed by atoms with E-state index in [1.165, 1.54) is 96.3 Å². The summed E-state index contributed by atoms with van der Waals surface area (Å²) in [7, 11) is 0. The Morgan fingerprint density at radius 3 is 1.92 bits per heavy atom. The Balaban J connectivity index is 2.05. The summed E-state index contributed by atoms with van der Waals surface area (Å²) < 4.78 is 8.08. The molecule has 0 aliphatic heterocycles. The Hall–Kier alpha value is -1.36. The van der Waals surface area contributed by atoms with Crippen molar-refractivity contribution < 1.29 is 9.53 Å². The van der Waals surface area contributed by atoms with Crippen LogP contribution in [0, 0.1) is 0 Å². The monoisotopic (exact) mass is 505 g/mol. The second kappa shape index (κ2) is 25.3. The van der Waals surface area contributed by atoms with Crippen LogP contribution in [0.1, 0.15) is 149 Å². The smallest absolute Gasteiger partial charge is 0.306 e. The van der Waals surface area contributed by atoms with Crippen LogP contribution < -0.4 is 5.32 Å². The van der Waals surface area contributed by atoms with Crippen LogP contribution in [0.15, 0.2) is 18.7 Å². The second-order valence-corrected chi connectivity index (χ2v) is 10.6. The van der Waals surface area contributed by atoms with Crippen molar-refractivity contribution in [1.82, 2.24) is 14.9 Å². The van der Waals surface area contributed by atoms with Gasteiger partial charge in [0.1, 0.15) is 6.10 Å². The summed E-state index contributed by atoms with van der Waals surface area (Å²) in [5.41, 5.74) is 0. The molecule has 36 heavy (non-hydrogen) atoms. The number of aromatic nitrogens is 2. The molecule has 0 radical (unpaired) electrons. The fraction of sp³-hybridized carbons (Fsp3) is 0.871. The molecule has 5 heteroatoms. The number of nitrogens with one attached hydrogen (secondary N) is 1. The quantitative estimate of drug-likeness (QED) is 0.0960. The van der Waals surface area contributed by atoms with Crippen LogP contribution >= 0.6 is 0 Å². The molecule has 0 bridgehead atoms. The zero-order chi connectivity index (χ0) is 25.9. The zero-order valence-electron chi connectivity index (χ0n) is 24.0. The SMILES string of the molecule is CCCCCCCCC(CCCCCCCC)OC(=O)CCCCCCCNCCCn1ccnc1. The van der Waals surface area contributed by atoms with Crippen LogP contribution in [0.3, 0.4) is 0 Å². The first-order valence-corrected chi connectivity index (χ1v) is 15.6. The molecule has 1 aromatic rings. The zero-order valence-corrected chi connectivity index (χ0v) is 24.0. The van der Waals surface area contributed by atoms with Crippen LogP contribution in [0.2, 0.25) is 0 Å². The van der Waals surface area contributed by atoms with Crippen molar-refractivity contribution in [2.75, 3.05) is 13.1 Å². The van der Waals surface area contributed by atoms with Gasteiger partial charge in [0.05, 0.1) is 6.33 Å². The predicted octanol–water partition coefficient (Wildman–Crippen LogP) is 8.62. The maximum atomic E-state index is 12.5. The molecule has 0 saturated carbocycles. The van der Waals surface area contributed by atoms with Crippen LogP contribution in [-0.4, -0.2) is 34.7 Å². The van der Waals surface area contributed by atoms with Gasteiger partial charge in [-0.05, 0) is 58.0 Å². The van der Waals surface area contributed by atoms with Crippen molar-refractivity contribution in [2.45, 2.75) is 161 Å². The van der Waals surface area contributed by atoms with E-state index in [0.717, 1.165) is 51.7 Å². The lowest BCUT2D eigenvalue weighted by Crippen LogP contribution is -2.18. The molecule has 1 aromatic heterocycles. The van der Waals surface area contributed by atoms with Gasteiger partial charge in [-0.1, -0.05) is 97.3 Å². The minimum Gasteiger partial charge on any atom is -0.462 e. The van der Waals surface area contributed by atoms with E-state index < -0.39 is 0 Å². The Morgan fingerprint density at radius 2 is 1.31 bits per heavy atom. The number of nitrogens with zero attached hydrogens (tertiary/aromatic N) is 2. The second-order valence-electron chi connectivity index (χ2n) is 10.6. The summed E-state index contributed by atoms with van der Waals surface area (Å²) in [6, 6.07) is 0. The van der Waals surface area contributed by atoms with Crippen molar-refractivity contribution in [2.24, 2.45) is 0 Å². The number of esters is 1. The molecule has 1 N–H and O–H groups in total. The van der Waals surface area contributed by atoms with Crippen molar-refractivity contribution >= 4 is 5.97 Å². The van der Waals surface area contributed by atoms with Crippen molar-refractivity contribution in [3.63, 3.8) is 0 Å². The molecule has 0 unspecified atom stereocenters. The molecule has 0 amide bonds. The molecule has 1 heterocycles. The number of rotatable bonds is 27. The molecular formula is C31H59N3O2. The molecule has 0 aliphatic rings. The Morgan fingerprint density at radius 1 is 0.750 bits per heavy atom. The number of carbonyl (C=O) groups is 1. The Kier molecular flexibility index (Phi) is 23.0. The lowest BCUT2D eigenvalue weighted by molar-refractivity contribution is -0.150. The molecule has 0 atom stereocenters. The predicted molar refractivity (Wildman–Crippen MR) is 153 cm³/mol. The highest BCUT2D eigenvalue weighted by Gasteiger charge is 2.14. The van der Waals surface area contributed by atoms with Gasteiger partial charge in [-0.15, -0.1) is 0 Å². The number of imidazole rings is 1. The van der Waals surface area contributed by atoms with E-state index in [-0.39, 0.29) is 12.1 Å². The van der Waals surface area contributed by atoms with E-state index in [1.54, 1.807) is 0 Å². The van der Waals surface area contributed by atoms with Gasteiger partial charge in [0.25, 0.3) is 0 Å². The Bertz CT molecular complexity index is 560. The summed E-state index contributed by atoms with van der Waals surface area (Å²) >= 11 is 0. The highest BCUT2D eigenvalue weighted by Crippen LogP contribution is 2.18. The first kappa shape index (κ1) is 32.7. The highest BCUT2D eigenvalue weighted by molar-refractivity contribution is 5.69. The third-order valence-electron chi connectivity index (χ3n) is 7.12. The molecule has 1 rings (SSSR count). The summed E-state index contributed by atoms with van der Waals surface area (Å²) in [4.78, 5) is 16.6. The maximum absolute atomic E-state index is 12.5. The highest BCUT2D eigenvalue weighted by atomic mass is 16.5. The van der Waals surface area contributed by atoms with Crippen LogP contribution in [0.5, 0.6) is 0 Å². The number of hydrogen-bond acceptors (Lipinski definition) is 4. The standard InChI is InChI=1S/C31H59N3O2/c1-3-5-7-9-12-16-21-30(22-17-13-10-8-6-4-2)36-31(35)23-18-14-11-15-19-24-32-25-20-27-34-28-26-33-29-34/h26,28-30,32H,3-25,27H2,1-2H3. The molecule has 0 saturated heterocycles. The van der Waals surface area contributed by atoms with E-state index in [0.29, 0.717) is 6.42 Å². The molecule has 0 spiro atoms. The van der Waals surface area contributed by atoms with Crippen LogP contribution in [0.4, 0.5) is 0 Å². The van der Waals surface area contributed by atoms with Crippen molar-refractivity contribution in [3.05, 3.63) is 18.7 Å². The third kappa shape index (κ3) is 20.8. The molecule has 0 fully saturated rings. The normalized spacial score (nSPS) is 11.4. The number of hydrogen-bond donors (Lipinski definition) is 1. The number of aryl methyl sites for hydroxylation is 1. The molecule has 0 aliphatic carbocycles. The number of unbranched alkanes of at least 4 members (excludes halogenated alkanes) is 14. The minimum atomic E-state index is 0.0384. The van der Waals surface area contributed by atoms with E-state index in [1.807, 2.05) is 18.7 Å². The lowest BCUT2D eigenvalue weighted by atomic mass is 10.0. The summed E-state index contributed by atoms with van der Waals surface area (Å²) in [6.45, 7) is 7.70. The number of carbonyl (C=O) groups excluding carboxylic acids is 1. The average Bonchev–Trinajstić information content (AvgIpc) is 3.40. The van der Waals surface area contributed by atoms with E-state index in [2.05, 4.69) is 28.7 Å². The van der Waals surface area contributed by atoms with Crippen LogP contribution in [0.25, 0.3) is 0 Å². The van der Waals surface area contributed by atoms with E-state index >= 15 is 0 Å². The van der Waals surface area contributed by atoms with Gasteiger partial charge in [0, 0.05) is 25.4 Å². The fourth-order valence-corrected chi connectivity index (χ4v) is 4.79. The maximum Gasteiger partial charge on any atom is 0.306 e. The summed E-state index contributed by atoms with van der Waals surface area (Å²) in [6.07, 6.45) is 31.1. The number of ether oxygens (including phenoxy) is 1. The Labute approximate surface area is 223 Å². The van der Waals surface area contributed by atoms with Gasteiger partial charge in [0.15, 0.2) is 0 Å². The first-order chi connectivity index (χ1) is 17.8. The van der Waals surface area contributed by atoms with Gasteiger partial charge in [0.2, 0.25) is 0 Å². The van der Waals surface area contributed by atoms with Gasteiger partial charge in [-0.3, -0.25) is 4.79 Å². The van der Waals surface area contributed by atoms with Gasteiger partial charge < -0.3 is 14.6 Å². The topological polar surface area (TPSA) is 56.1 Å². The van der Waals surface area contributed by atoms with Crippen LogP contribution in [-0.2, 0) is 16.1 Å². The summed E-state index contributed by atoms with van der Waals surface area (Å²) in [5, 5.41) is 3.53. The van der Waals surface area contributed by atoms with Crippen molar-refractivity contribution in [1.29, 1.82) is 0 Å². The minimum absolute atomic E-state index is 0.0384.